The highest BCUT2D eigenvalue weighted by molar-refractivity contribution is 5.69. The van der Waals surface area contributed by atoms with E-state index in [2.05, 4.69) is 6.92 Å². The van der Waals surface area contributed by atoms with E-state index in [0.717, 1.165) is 19.3 Å². The van der Waals surface area contributed by atoms with Gasteiger partial charge in [0.05, 0.1) is 6.61 Å². The van der Waals surface area contributed by atoms with Crippen molar-refractivity contribution >= 4 is 5.97 Å². The van der Waals surface area contributed by atoms with Crippen molar-refractivity contribution in [1.29, 1.82) is 0 Å². The van der Waals surface area contributed by atoms with Crippen LogP contribution in [0, 0.1) is 0 Å². The zero-order chi connectivity index (χ0) is 14.9. The average Bonchev–Trinajstić information content (AvgIpc) is 2.45. The summed E-state index contributed by atoms with van der Waals surface area (Å²) in [6.07, 6.45) is 14.8. The normalized spacial score (nSPS) is 10.7. The fourth-order valence-electron chi connectivity index (χ4n) is 2.23. The van der Waals surface area contributed by atoms with E-state index in [1.807, 2.05) is 0 Å². The van der Waals surface area contributed by atoms with Crippen LogP contribution in [-0.2, 0) is 9.53 Å². The van der Waals surface area contributed by atoms with Gasteiger partial charge >= 0.3 is 5.97 Å². The molecular formula is C17H34O3. The van der Waals surface area contributed by atoms with Crippen molar-refractivity contribution in [2.24, 2.45) is 0 Å². The number of ether oxygens (including phenoxy) is 1. The number of aliphatic hydroxyl groups excluding tert-OH is 1. The lowest BCUT2D eigenvalue weighted by Gasteiger charge is -2.04. The van der Waals surface area contributed by atoms with Gasteiger partial charge in [0.15, 0.2) is 0 Å². The van der Waals surface area contributed by atoms with Gasteiger partial charge in [-0.2, -0.15) is 0 Å². The quantitative estimate of drug-likeness (QED) is 0.353. The van der Waals surface area contributed by atoms with E-state index < -0.39 is 0 Å². The standard InChI is InChI=1S/C17H34O3/c1-2-3-4-5-6-7-8-9-10-11-14-17(19)20-16-13-12-15-18/h18H,2-16H2,1H3. The molecule has 0 aromatic carbocycles. The van der Waals surface area contributed by atoms with Gasteiger partial charge in [0.1, 0.15) is 0 Å². The number of carbonyl (C=O) groups excluding carboxylic acids is 1. The molecule has 0 rings (SSSR count). The summed E-state index contributed by atoms with van der Waals surface area (Å²) in [4.78, 5) is 11.4. The number of aliphatic hydroxyl groups is 1. The highest BCUT2D eigenvalue weighted by Gasteiger charge is 2.02. The molecule has 0 saturated carbocycles. The molecule has 0 aromatic heterocycles. The molecule has 3 heteroatoms. The Hall–Kier alpha value is -0.570. The SMILES string of the molecule is CCCCCCCCCCCCC(=O)OCCCCO. The Kier molecular flexibility index (Phi) is 16.0. The summed E-state index contributed by atoms with van der Waals surface area (Å²) in [6, 6.07) is 0. The number of unbranched alkanes of at least 4 members (excludes halogenated alkanes) is 10. The van der Waals surface area contributed by atoms with Crippen LogP contribution in [0.25, 0.3) is 0 Å². The summed E-state index contributed by atoms with van der Waals surface area (Å²) in [5.41, 5.74) is 0. The first-order chi connectivity index (χ1) is 9.81. The van der Waals surface area contributed by atoms with Gasteiger partial charge in [-0.15, -0.1) is 0 Å². The molecule has 0 fully saturated rings. The second-order valence-electron chi connectivity index (χ2n) is 5.58. The largest absolute Gasteiger partial charge is 0.466 e. The average molecular weight is 286 g/mol. The van der Waals surface area contributed by atoms with Crippen LogP contribution in [0.2, 0.25) is 0 Å². The molecule has 0 spiro atoms. The molecular weight excluding hydrogens is 252 g/mol. The lowest BCUT2D eigenvalue weighted by Crippen LogP contribution is -2.06. The Bertz CT molecular complexity index is 204. The minimum Gasteiger partial charge on any atom is -0.466 e. The van der Waals surface area contributed by atoms with Crippen LogP contribution in [0.3, 0.4) is 0 Å². The van der Waals surface area contributed by atoms with E-state index in [4.69, 9.17) is 9.84 Å². The van der Waals surface area contributed by atoms with Crippen molar-refractivity contribution in [3.8, 4) is 0 Å². The summed E-state index contributed by atoms with van der Waals surface area (Å²) in [5, 5.41) is 8.60. The lowest BCUT2D eigenvalue weighted by atomic mass is 10.1. The van der Waals surface area contributed by atoms with Gasteiger partial charge in [-0.1, -0.05) is 64.7 Å². The van der Waals surface area contributed by atoms with Crippen LogP contribution in [0.4, 0.5) is 0 Å². The third-order valence-electron chi connectivity index (χ3n) is 3.55. The van der Waals surface area contributed by atoms with E-state index in [1.165, 1.54) is 51.4 Å². The Balaban J connectivity index is 3.09. The Morgan fingerprint density at radius 3 is 1.90 bits per heavy atom. The molecule has 0 aliphatic carbocycles. The minimum atomic E-state index is -0.0810. The molecule has 3 nitrogen and oxygen atoms in total. The van der Waals surface area contributed by atoms with Gasteiger partial charge in [0.2, 0.25) is 0 Å². The van der Waals surface area contributed by atoms with E-state index in [9.17, 15) is 4.79 Å². The van der Waals surface area contributed by atoms with Crippen LogP contribution >= 0.6 is 0 Å². The van der Waals surface area contributed by atoms with Gasteiger partial charge in [0.25, 0.3) is 0 Å². The first-order valence-corrected chi connectivity index (χ1v) is 8.57. The molecule has 0 aliphatic heterocycles. The maximum Gasteiger partial charge on any atom is 0.305 e. The first kappa shape index (κ1) is 19.4. The number of carbonyl (C=O) groups is 1. The fraction of sp³-hybridized carbons (Fsp3) is 0.941. The topological polar surface area (TPSA) is 46.5 Å². The summed E-state index contributed by atoms with van der Waals surface area (Å²) in [6.45, 7) is 2.88. The van der Waals surface area contributed by atoms with Crippen molar-refractivity contribution in [1.82, 2.24) is 0 Å². The fourth-order valence-corrected chi connectivity index (χ4v) is 2.23. The van der Waals surface area contributed by atoms with E-state index in [1.54, 1.807) is 0 Å². The second kappa shape index (κ2) is 16.5. The van der Waals surface area contributed by atoms with Crippen molar-refractivity contribution in [3.63, 3.8) is 0 Å². The Morgan fingerprint density at radius 1 is 0.800 bits per heavy atom. The highest BCUT2D eigenvalue weighted by atomic mass is 16.5. The molecule has 20 heavy (non-hydrogen) atoms. The van der Waals surface area contributed by atoms with Crippen LogP contribution in [0.15, 0.2) is 0 Å². The molecule has 0 aliphatic rings. The zero-order valence-corrected chi connectivity index (χ0v) is 13.4. The molecule has 1 N–H and O–H groups in total. The molecule has 0 aromatic rings. The van der Waals surface area contributed by atoms with E-state index in [0.29, 0.717) is 19.4 Å². The molecule has 0 bridgehead atoms. The van der Waals surface area contributed by atoms with Crippen LogP contribution in [0.1, 0.15) is 90.4 Å². The smallest absolute Gasteiger partial charge is 0.305 e. The third kappa shape index (κ3) is 15.5. The van der Waals surface area contributed by atoms with Gasteiger partial charge in [0, 0.05) is 13.0 Å². The van der Waals surface area contributed by atoms with Crippen LogP contribution in [0.5, 0.6) is 0 Å². The minimum absolute atomic E-state index is 0.0810. The zero-order valence-electron chi connectivity index (χ0n) is 13.4. The van der Waals surface area contributed by atoms with Crippen molar-refractivity contribution in [2.75, 3.05) is 13.2 Å². The van der Waals surface area contributed by atoms with E-state index >= 15 is 0 Å². The third-order valence-corrected chi connectivity index (χ3v) is 3.55. The molecule has 0 heterocycles. The predicted molar refractivity (Wildman–Crippen MR) is 83.7 cm³/mol. The number of rotatable bonds is 15. The van der Waals surface area contributed by atoms with Crippen LogP contribution in [-0.4, -0.2) is 24.3 Å². The van der Waals surface area contributed by atoms with Gasteiger partial charge in [-0.05, 0) is 19.3 Å². The molecule has 0 saturated heterocycles. The Morgan fingerprint density at radius 2 is 1.35 bits per heavy atom. The number of hydrogen-bond acceptors (Lipinski definition) is 3. The number of hydrogen-bond donors (Lipinski definition) is 1. The Labute approximate surface area is 125 Å². The lowest BCUT2D eigenvalue weighted by molar-refractivity contribution is -0.143. The highest BCUT2D eigenvalue weighted by Crippen LogP contribution is 2.11. The van der Waals surface area contributed by atoms with Gasteiger partial charge < -0.3 is 9.84 Å². The molecule has 0 amide bonds. The first-order valence-electron chi connectivity index (χ1n) is 8.57. The maximum atomic E-state index is 11.4. The molecule has 0 atom stereocenters. The summed E-state index contributed by atoms with van der Waals surface area (Å²) in [7, 11) is 0. The van der Waals surface area contributed by atoms with Crippen molar-refractivity contribution < 1.29 is 14.6 Å². The van der Waals surface area contributed by atoms with E-state index in [-0.39, 0.29) is 12.6 Å². The second-order valence-corrected chi connectivity index (χ2v) is 5.58. The van der Waals surface area contributed by atoms with Crippen LogP contribution < -0.4 is 0 Å². The monoisotopic (exact) mass is 286 g/mol. The number of esters is 1. The molecule has 0 radical (unpaired) electrons. The molecule has 120 valence electrons. The maximum absolute atomic E-state index is 11.4. The molecule has 0 unspecified atom stereocenters. The van der Waals surface area contributed by atoms with Gasteiger partial charge in [-0.3, -0.25) is 4.79 Å². The summed E-state index contributed by atoms with van der Waals surface area (Å²) < 4.78 is 5.08. The van der Waals surface area contributed by atoms with Crippen molar-refractivity contribution in [3.05, 3.63) is 0 Å². The summed E-state index contributed by atoms with van der Waals surface area (Å²) >= 11 is 0. The van der Waals surface area contributed by atoms with Crippen molar-refractivity contribution in [2.45, 2.75) is 90.4 Å². The summed E-state index contributed by atoms with van der Waals surface area (Å²) in [5.74, 6) is -0.0810. The van der Waals surface area contributed by atoms with Gasteiger partial charge in [-0.25, -0.2) is 0 Å². The predicted octanol–water partition coefficient (Wildman–Crippen LogP) is 4.61.